The van der Waals surface area contributed by atoms with Crippen LogP contribution in [0.2, 0.25) is 0 Å². The summed E-state index contributed by atoms with van der Waals surface area (Å²) < 4.78 is 38.2. The molecule has 0 spiro atoms. The van der Waals surface area contributed by atoms with Gasteiger partial charge in [0.05, 0.1) is 19.3 Å². The highest BCUT2D eigenvalue weighted by Gasteiger charge is 2.40. The standard InChI is InChI=1S/C23H37F2N3O3/c1-26(2)10-4-14-31-20-6-5-19(15-21(20)30-3)16-28-11-7-22(29,18-28)17-27-12-8-23(24,25)9-13-27/h5-6,15,29H,4,7-14,16-18H2,1-3H3/t22-/m1/s1. The Labute approximate surface area is 184 Å². The molecule has 2 saturated heterocycles. The first kappa shape index (κ1) is 24.2. The lowest BCUT2D eigenvalue weighted by Gasteiger charge is -2.36. The monoisotopic (exact) mass is 441 g/mol. The number of alkyl halides is 2. The summed E-state index contributed by atoms with van der Waals surface area (Å²) in [5.41, 5.74) is 0.256. The van der Waals surface area contributed by atoms with Gasteiger partial charge in [-0.2, -0.15) is 0 Å². The van der Waals surface area contributed by atoms with E-state index >= 15 is 0 Å². The third kappa shape index (κ3) is 7.27. The summed E-state index contributed by atoms with van der Waals surface area (Å²) in [5, 5.41) is 11.0. The van der Waals surface area contributed by atoms with Crippen LogP contribution in [-0.2, 0) is 6.54 Å². The molecule has 1 aromatic carbocycles. The van der Waals surface area contributed by atoms with Crippen molar-refractivity contribution in [2.45, 2.75) is 43.8 Å². The van der Waals surface area contributed by atoms with Gasteiger partial charge in [-0.3, -0.25) is 9.80 Å². The lowest BCUT2D eigenvalue weighted by atomic mass is 10.00. The van der Waals surface area contributed by atoms with Gasteiger partial charge in [0.15, 0.2) is 11.5 Å². The summed E-state index contributed by atoms with van der Waals surface area (Å²) >= 11 is 0. The van der Waals surface area contributed by atoms with E-state index in [-0.39, 0.29) is 12.8 Å². The molecule has 176 valence electrons. The van der Waals surface area contributed by atoms with Gasteiger partial charge < -0.3 is 19.5 Å². The number of hydrogen-bond acceptors (Lipinski definition) is 6. The second-order valence-corrected chi connectivity index (χ2v) is 9.31. The Morgan fingerprint density at radius 2 is 1.77 bits per heavy atom. The van der Waals surface area contributed by atoms with Gasteiger partial charge in [-0.15, -0.1) is 0 Å². The summed E-state index contributed by atoms with van der Waals surface area (Å²) in [5.74, 6) is -1.10. The smallest absolute Gasteiger partial charge is 0.250 e. The average Bonchev–Trinajstić information content (AvgIpc) is 3.07. The summed E-state index contributed by atoms with van der Waals surface area (Å²) in [7, 11) is 5.72. The number of likely N-dealkylation sites (tertiary alicyclic amines) is 2. The molecule has 2 heterocycles. The number of aliphatic hydroxyl groups is 1. The molecule has 31 heavy (non-hydrogen) atoms. The molecule has 1 N–H and O–H groups in total. The van der Waals surface area contributed by atoms with Crippen molar-refractivity contribution in [2.24, 2.45) is 0 Å². The first-order valence-electron chi connectivity index (χ1n) is 11.2. The SMILES string of the molecule is COc1cc(CN2CC[C@@](O)(CN3CCC(F)(F)CC3)C2)ccc1OCCCN(C)C. The number of rotatable bonds is 10. The van der Waals surface area contributed by atoms with E-state index in [0.29, 0.717) is 51.5 Å². The molecule has 3 rings (SSSR count). The molecule has 0 bridgehead atoms. The van der Waals surface area contributed by atoms with E-state index in [0.717, 1.165) is 30.8 Å². The zero-order chi connectivity index (χ0) is 22.5. The van der Waals surface area contributed by atoms with Crippen LogP contribution in [-0.4, -0.2) is 98.4 Å². The fourth-order valence-electron chi connectivity index (χ4n) is 4.41. The van der Waals surface area contributed by atoms with E-state index in [4.69, 9.17) is 9.47 Å². The fraction of sp³-hybridized carbons (Fsp3) is 0.739. The van der Waals surface area contributed by atoms with Gasteiger partial charge in [-0.25, -0.2) is 8.78 Å². The third-order valence-electron chi connectivity index (χ3n) is 6.16. The topological polar surface area (TPSA) is 48.4 Å². The van der Waals surface area contributed by atoms with Crippen molar-refractivity contribution in [3.05, 3.63) is 23.8 Å². The Kier molecular flexibility index (Phi) is 8.13. The summed E-state index contributed by atoms with van der Waals surface area (Å²) in [6.07, 6.45) is 1.37. The van der Waals surface area contributed by atoms with Crippen molar-refractivity contribution in [3.8, 4) is 11.5 Å². The Morgan fingerprint density at radius 1 is 1.06 bits per heavy atom. The molecule has 0 unspecified atom stereocenters. The highest BCUT2D eigenvalue weighted by atomic mass is 19.3. The molecule has 1 aromatic rings. The van der Waals surface area contributed by atoms with Crippen molar-refractivity contribution in [1.29, 1.82) is 0 Å². The van der Waals surface area contributed by atoms with E-state index in [1.54, 1.807) is 7.11 Å². The molecule has 0 radical (unpaired) electrons. The highest BCUT2D eigenvalue weighted by molar-refractivity contribution is 5.43. The van der Waals surface area contributed by atoms with E-state index in [1.165, 1.54) is 0 Å². The highest BCUT2D eigenvalue weighted by Crippen LogP contribution is 2.32. The maximum Gasteiger partial charge on any atom is 0.250 e. The maximum absolute atomic E-state index is 13.4. The second-order valence-electron chi connectivity index (χ2n) is 9.31. The quantitative estimate of drug-likeness (QED) is 0.564. The fourth-order valence-corrected chi connectivity index (χ4v) is 4.41. The molecule has 1 atom stereocenters. The molecule has 0 aliphatic carbocycles. The molecule has 2 aliphatic heterocycles. The summed E-state index contributed by atoms with van der Waals surface area (Å²) in [4.78, 5) is 6.32. The van der Waals surface area contributed by atoms with Gasteiger partial charge >= 0.3 is 0 Å². The van der Waals surface area contributed by atoms with Crippen molar-refractivity contribution < 1.29 is 23.4 Å². The first-order valence-corrected chi connectivity index (χ1v) is 11.2. The maximum atomic E-state index is 13.4. The molecule has 0 saturated carbocycles. The molecule has 0 amide bonds. The number of ether oxygens (including phenoxy) is 2. The largest absolute Gasteiger partial charge is 0.493 e. The van der Waals surface area contributed by atoms with Gasteiger partial charge in [-0.1, -0.05) is 6.07 Å². The number of nitrogens with zero attached hydrogens (tertiary/aromatic N) is 3. The second kappa shape index (κ2) is 10.4. The average molecular weight is 442 g/mol. The number of β-amino-alcohol motifs (C(OH)–C–C–N with tert-alkyl or cyclic N) is 1. The number of benzene rings is 1. The Bertz CT molecular complexity index is 709. The van der Waals surface area contributed by atoms with Gasteiger partial charge in [0.1, 0.15) is 0 Å². The van der Waals surface area contributed by atoms with E-state index < -0.39 is 11.5 Å². The molecule has 6 nitrogen and oxygen atoms in total. The van der Waals surface area contributed by atoms with Crippen LogP contribution in [0.15, 0.2) is 18.2 Å². The first-order chi connectivity index (χ1) is 14.7. The molecule has 2 fully saturated rings. The number of methoxy groups -OCH3 is 1. The lowest BCUT2D eigenvalue weighted by Crippen LogP contribution is -2.49. The Morgan fingerprint density at radius 3 is 2.45 bits per heavy atom. The van der Waals surface area contributed by atoms with Crippen LogP contribution in [0.5, 0.6) is 11.5 Å². The van der Waals surface area contributed by atoms with Gasteiger partial charge in [0.2, 0.25) is 0 Å². The predicted octanol–water partition coefficient (Wildman–Crippen LogP) is 2.69. The molecule has 2 aliphatic rings. The van der Waals surface area contributed by atoms with Crippen molar-refractivity contribution in [2.75, 3.05) is 67.1 Å². The van der Waals surface area contributed by atoms with Gasteiger partial charge in [-0.05, 0) is 44.6 Å². The molecule has 8 heteroatoms. The summed E-state index contributed by atoms with van der Waals surface area (Å²) in [6.45, 7) is 4.80. The van der Waals surface area contributed by atoms with Crippen molar-refractivity contribution in [3.63, 3.8) is 0 Å². The predicted molar refractivity (Wildman–Crippen MR) is 117 cm³/mol. The zero-order valence-corrected chi connectivity index (χ0v) is 19.1. The van der Waals surface area contributed by atoms with Crippen LogP contribution in [0.25, 0.3) is 0 Å². The van der Waals surface area contributed by atoms with Gasteiger partial charge in [0, 0.05) is 58.7 Å². The summed E-state index contributed by atoms with van der Waals surface area (Å²) in [6, 6.07) is 5.97. The number of hydrogen-bond donors (Lipinski definition) is 1. The van der Waals surface area contributed by atoms with Crippen LogP contribution < -0.4 is 9.47 Å². The number of piperidine rings is 1. The molecular weight excluding hydrogens is 404 g/mol. The minimum Gasteiger partial charge on any atom is -0.493 e. The van der Waals surface area contributed by atoms with Crippen LogP contribution in [0.4, 0.5) is 8.78 Å². The van der Waals surface area contributed by atoms with E-state index in [2.05, 4.69) is 9.80 Å². The minimum absolute atomic E-state index is 0.115. The lowest BCUT2D eigenvalue weighted by molar-refractivity contribution is -0.0724. The van der Waals surface area contributed by atoms with Crippen molar-refractivity contribution in [1.82, 2.24) is 14.7 Å². The van der Waals surface area contributed by atoms with Crippen LogP contribution in [0, 0.1) is 0 Å². The zero-order valence-electron chi connectivity index (χ0n) is 19.1. The van der Waals surface area contributed by atoms with Crippen LogP contribution >= 0.6 is 0 Å². The van der Waals surface area contributed by atoms with Crippen LogP contribution in [0.3, 0.4) is 0 Å². The van der Waals surface area contributed by atoms with Gasteiger partial charge in [0.25, 0.3) is 5.92 Å². The Hall–Kier alpha value is -1.48. The minimum atomic E-state index is -2.55. The number of halogens is 2. The van der Waals surface area contributed by atoms with E-state index in [1.807, 2.05) is 37.2 Å². The molecule has 0 aromatic heterocycles. The van der Waals surface area contributed by atoms with Crippen molar-refractivity contribution >= 4 is 0 Å². The van der Waals surface area contributed by atoms with Crippen LogP contribution in [0.1, 0.15) is 31.2 Å². The normalized spacial score (nSPS) is 24.6. The molecular formula is C23H37F2N3O3. The third-order valence-corrected chi connectivity index (χ3v) is 6.16. The Balaban J connectivity index is 1.49. The van der Waals surface area contributed by atoms with E-state index in [9.17, 15) is 13.9 Å².